The van der Waals surface area contributed by atoms with E-state index in [0.29, 0.717) is 11.1 Å². The maximum Gasteiger partial charge on any atom is 0.101 e. The highest BCUT2D eigenvalue weighted by molar-refractivity contribution is 7.99. The van der Waals surface area contributed by atoms with Crippen molar-refractivity contribution in [3.05, 3.63) is 53.7 Å². The van der Waals surface area contributed by atoms with Crippen LogP contribution in [-0.4, -0.2) is 4.98 Å². The molecule has 2 aromatic rings. The van der Waals surface area contributed by atoms with Gasteiger partial charge in [-0.2, -0.15) is 10.5 Å². The molecule has 0 saturated carbocycles. The number of hydrogen-bond donors (Lipinski definition) is 0. The molecular weight excluding hydrogens is 230 g/mol. The number of aromatic nitrogens is 1. The molecule has 0 N–H and O–H groups in total. The van der Waals surface area contributed by atoms with Gasteiger partial charge in [-0.1, -0.05) is 17.8 Å². The van der Waals surface area contributed by atoms with Crippen LogP contribution in [-0.2, 0) is 0 Å². The summed E-state index contributed by atoms with van der Waals surface area (Å²) in [6.07, 6.45) is 1.72. The van der Waals surface area contributed by atoms with Crippen molar-refractivity contribution in [2.45, 2.75) is 9.92 Å². The van der Waals surface area contributed by atoms with Crippen LogP contribution in [0.15, 0.2) is 52.5 Å². The molecule has 2 rings (SSSR count). The van der Waals surface area contributed by atoms with Crippen molar-refractivity contribution < 1.29 is 0 Å². The van der Waals surface area contributed by atoms with E-state index in [9.17, 15) is 0 Å². The molecule has 1 aromatic carbocycles. The first-order valence-corrected chi connectivity index (χ1v) is 5.68. The number of benzene rings is 1. The second-order valence-electron chi connectivity index (χ2n) is 3.20. The maximum atomic E-state index is 8.91. The molecule has 80 valence electrons. The van der Waals surface area contributed by atoms with Crippen molar-refractivity contribution in [1.29, 1.82) is 10.5 Å². The van der Waals surface area contributed by atoms with Gasteiger partial charge >= 0.3 is 0 Å². The molecule has 0 atom stereocenters. The molecule has 0 spiro atoms. The van der Waals surface area contributed by atoms with Crippen LogP contribution >= 0.6 is 11.8 Å². The van der Waals surface area contributed by atoms with Gasteiger partial charge in [0, 0.05) is 11.1 Å². The van der Waals surface area contributed by atoms with Crippen LogP contribution in [0.1, 0.15) is 11.1 Å². The number of rotatable bonds is 2. The highest BCUT2D eigenvalue weighted by Gasteiger charge is 2.04. The zero-order chi connectivity index (χ0) is 12.1. The first-order valence-electron chi connectivity index (χ1n) is 4.86. The number of nitrogens with zero attached hydrogens (tertiary/aromatic N) is 3. The normalized spacial score (nSPS) is 9.29. The minimum atomic E-state index is 0.397. The summed E-state index contributed by atoms with van der Waals surface area (Å²) < 4.78 is 0. The fourth-order valence-electron chi connectivity index (χ4n) is 1.31. The Kier molecular flexibility index (Phi) is 3.40. The molecule has 0 unspecified atom stereocenters. The SMILES string of the molecule is N#Cc1ccc(Sc2ccccn2)cc1C#N. The molecule has 0 saturated heterocycles. The standard InChI is InChI=1S/C13H7N3S/c14-8-10-4-5-12(7-11(10)9-15)17-13-3-1-2-6-16-13/h1-7H. The second-order valence-corrected chi connectivity index (χ2v) is 4.29. The Morgan fingerprint density at radius 1 is 1.00 bits per heavy atom. The van der Waals surface area contributed by atoms with Gasteiger partial charge in [0.2, 0.25) is 0 Å². The third-order valence-corrected chi connectivity index (χ3v) is 3.03. The predicted molar refractivity (Wildman–Crippen MR) is 64.2 cm³/mol. The van der Waals surface area contributed by atoms with Gasteiger partial charge in [-0.05, 0) is 30.3 Å². The lowest BCUT2D eigenvalue weighted by atomic mass is 10.1. The fourth-order valence-corrected chi connectivity index (χ4v) is 2.12. The van der Waals surface area contributed by atoms with Crippen molar-refractivity contribution in [2.24, 2.45) is 0 Å². The minimum absolute atomic E-state index is 0.397. The van der Waals surface area contributed by atoms with E-state index in [1.165, 1.54) is 11.8 Å². The Labute approximate surface area is 103 Å². The highest BCUT2D eigenvalue weighted by atomic mass is 32.2. The average molecular weight is 237 g/mol. The molecule has 0 aliphatic heterocycles. The van der Waals surface area contributed by atoms with Crippen LogP contribution in [0.5, 0.6) is 0 Å². The Hall–Kier alpha value is -2.30. The van der Waals surface area contributed by atoms with Gasteiger partial charge in [-0.15, -0.1) is 0 Å². The molecule has 0 radical (unpaired) electrons. The lowest BCUT2D eigenvalue weighted by Gasteiger charge is -2.01. The highest BCUT2D eigenvalue weighted by Crippen LogP contribution is 2.27. The van der Waals surface area contributed by atoms with Crippen molar-refractivity contribution in [1.82, 2.24) is 4.98 Å². The van der Waals surface area contributed by atoms with E-state index >= 15 is 0 Å². The van der Waals surface area contributed by atoms with Gasteiger partial charge in [0.25, 0.3) is 0 Å². The molecule has 17 heavy (non-hydrogen) atoms. The van der Waals surface area contributed by atoms with E-state index in [2.05, 4.69) is 4.98 Å². The molecule has 4 heteroatoms. The summed E-state index contributed by atoms with van der Waals surface area (Å²) in [4.78, 5) is 5.09. The quantitative estimate of drug-likeness (QED) is 0.805. The fraction of sp³-hybridized carbons (Fsp3) is 0. The molecule has 0 aliphatic carbocycles. The predicted octanol–water partition coefficient (Wildman–Crippen LogP) is 2.98. The smallest absolute Gasteiger partial charge is 0.101 e. The lowest BCUT2D eigenvalue weighted by molar-refractivity contribution is 1.13. The largest absolute Gasteiger partial charge is 0.250 e. The van der Waals surface area contributed by atoms with Gasteiger partial charge in [-0.3, -0.25) is 0 Å². The molecule has 1 aromatic heterocycles. The minimum Gasteiger partial charge on any atom is -0.250 e. The Balaban J connectivity index is 2.30. The Morgan fingerprint density at radius 3 is 2.47 bits per heavy atom. The van der Waals surface area contributed by atoms with E-state index < -0.39 is 0 Å². The van der Waals surface area contributed by atoms with Crippen molar-refractivity contribution in [3.8, 4) is 12.1 Å². The molecule has 3 nitrogen and oxygen atoms in total. The summed E-state index contributed by atoms with van der Waals surface area (Å²) in [6, 6.07) is 14.8. The third-order valence-electron chi connectivity index (χ3n) is 2.09. The van der Waals surface area contributed by atoms with Gasteiger partial charge in [0.15, 0.2) is 0 Å². The third kappa shape index (κ3) is 2.63. The first-order chi connectivity index (χ1) is 8.33. The van der Waals surface area contributed by atoms with Gasteiger partial charge < -0.3 is 0 Å². The molecule has 1 heterocycles. The van der Waals surface area contributed by atoms with Crippen molar-refractivity contribution >= 4 is 11.8 Å². The van der Waals surface area contributed by atoms with Gasteiger partial charge in [-0.25, -0.2) is 4.98 Å². The van der Waals surface area contributed by atoms with Gasteiger partial charge in [0.1, 0.15) is 17.2 Å². The Bertz CT molecular complexity index is 609. The molecule has 0 aliphatic rings. The molecule has 0 fully saturated rings. The summed E-state index contributed by atoms with van der Waals surface area (Å²) in [5.74, 6) is 0. The van der Waals surface area contributed by atoms with Crippen molar-refractivity contribution in [2.75, 3.05) is 0 Å². The van der Waals surface area contributed by atoms with E-state index in [4.69, 9.17) is 10.5 Å². The van der Waals surface area contributed by atoms with Crippen LogP contribution in [0.3, 0.4) is 0 Å². The number of nitriles is 2. The zero-order valence-electron chi connectivity index (χ0n) is 8.79. The number of hydrogen-bond acceptors (Lipinski definition) is 4. The Morgan fingerprint density at radius 2 is 1.82 bits per heavy atom. The average Bonchev–Trinajstić information content (AvgIpc) is 2.40. The molecule has 0 bridgehead atoms. The van der Waals surface area contributed by atoms with Crippen LogP contribution in [0.2, 0.25) is 0 Å². The summed E-state index contributed by atoms with van der Waals surface area (Å²) in [7, 11) is 0. The lowest BCUT2D eigenvalue weighted by Crippen LogP contribution is -1.85. The second kappa shape index (κ2) is 5.16. The van der Waals surface area contributed by atoms with Crippen LogP contribution in [0.4, 0.5) is 0 Å². The van der Waals surface area contributed by atoms with Crippen LogP contribution in [0, 0.1) is 22.7 Å². The summed E-state index contributed by atoms with van der Waals surface area (Å²) >= 11 is 1.46. The van der Waals surface area contributed by atoms with E-state index in [-0.39, 0.29) is 0 Å². The zero-order valence-corrected chi connectivity index (χ0v) is 9.61. The monoisotopic (exact) mass is 237 g/mol. The van der Waals surface area contributed by atoms with Crippen LogP contribution < -0.4 is 0 Å². The summed E-state index contributed by atoms with van der Waals surface area (Å²) in [5.41, 5.74) is 0.798. The summed E-state index contributed by atoms with van der Waals surface area (Å²) in [6.45, 7) is 0. The van der Waals surface area contributed by atoms with Crippen molar-refractivity contribution in [3.63, 3.8) is 0 Å². The number of pyridine rings is 1. The van der Waals surface area contributed by atoms with E-state index in [1.807, 2.05) is 36.4 Å². The maximum absolute atomic E-state index is 8.91. The van der Waals surface area contributed by atoms with E-state index in [1.54, 1.807) is 18.3 Å². The van der Waals surface area contributed by atoms with Gasteiger partial charge in [0.05, 0.1) is 11.1 Å². The molecular formula is C13H7N3S. The first kappa shape index (κ1) is 11.2. The van der Waals surface area contributed by atoms with E-state index in [0.717, 1.165) is 9.92 Å². The van der Waals surface area contributed by atoms with Crippen LogP contribution in [0.25, 0.3) is 0 Å². The summed E-state index contributed by atoms with van der Waals surface area (Å²) in [5, 5.41) is 18.6. The molecule has 0 amide bonds. The topological polar surface area (TPSA) is 60.5 Å².